The lowest BCUT2D eigenvalue weighted by molar-refractivity contribution is -0.146. The monoisotopic (exact) mass is 456 g/mol. The van der Waals surface area contributed by atoms with Gasteiger partial charge in [-0.2, -0.15) is 0 Å². The minimum Gasteiger partial charge on any atom is -0.455 e. The third kappa shape index (κ3) is 5.50. The number of oxazole rings is 1. The summed E-state index contributed by atoms with van der Waals surface area (Å²) < 4.78 is 23.9. The van der Waals surface area contributed by atoms with Crippen LogP contribution >= 0.6 is 23.1 Å². The number of carbonyl (C=O) groups excluding carboxylic acids is 2. The number of nitrogens with one attached hydrogen (secondary N) is 1. The first-order chi connectivity index (χ1) is 15.1. The van der Waals surface area contributed by atoms with E-state index >= 15 is 0 Å². The van der Waals surface area contributed by atoms with E-state index < -0.39 is 24.5 Å². The van der Waals surface area contributed by atoms with Gasteiger partial charge in [0.15, 0.2) is 12.2 Å². The molecule has 0 saturated heterocycles. The standard InChI is InChI=1S/C22H17FN2O4S2/c23-15-9-7-14(8-10-15)21(18-6-3-11-30-18)25-19(26)12-28-20(27)13-31-22-24-16-4-1-2-5-17(16)29-22/h1-11,21H,12-13H2,(H,25,26). The first-order valence-electron chi connectivity index (χ1n) is 9.31. The van der Waals surface area contributed by atoms with Crippen LogP contribution in [-0.2, 0) is 14.3 Å². The third-order valence-electron chi connectivity index (χ3n) is 4.29. The molecule has 9 heteroatoms. The van der Waals surface area contributed by atoms with E-state index in [2.05, 4.69) is 10.3 Å². The molecule has 0 aliphatic carbocycles. The van der Waals surface area contributed by atoms with E-state index in [1.54, 1.807) is 18.2 Å². The molecule has 4 rings (SSSR count). The lowest BCUT2D eigenvalue weighted by atomic mass is 10.1. The number of para-hydroxylation sites is 2. The summed E-state index contributed by atoms with van der Waals surface area (Å²) in [5.74, 6) is -1.41. The van der Waals surface area contributed by atoms with Crippen molar-refractivity contribution in [2.45, 2.75) is 11.3 Å². The number of hydrogen-bond donors (Lipinski definition) is 1. The number of thioether (sulfide) groups is 1. The second kappa shape index (κ2) is 9.76. The number of rotatable bonds is 8. The number of esters is 1. The summed E-state index contributed by atoms with van der Waals surface area (Å²) in [6.07, 6.45) is 0. The van der Waals surface area contributed by atoms with Crippen molar-refractivity contribution in [2.75, 3.05) is 12.4 Å². The highest BCUT2D eigenvalue weighted by molar-refractivity contribution is 7.99. The molecule has 2 heterocycles. The van der Waals surface area contributed by atoms with Gasteiger partial charge < -0.3 is 14.5 Å². The molecule has 0 bridgehead atoms. The Labute approximate surface area is 185 Å². The first kappa shape index (κ1) is 21.1. The maximum atomic E-state index is 13.3. The van der Waals surface area contributed by atoms with Crippen LogP contribution < -0.4 is 5.32 Å². The third-order valence-corrected chi connectivity index (χ3v) is 6.03. The van der Waals surface area contributed by atoms with Crippen LogP contribution in [0.5, 0.6) is 0 Å². The van der Waals surface area contributed by atoms with Crippen molar-refractivity contribution in [3.05, 3.63) is 82.3 Å². The highest BCUT2D eigenvalue weighted by atomic mass is 32.2. The van der Waals surface area contributed by atoms with Gasteiger partial charge >= 0.3 is 5.97 Å². The summed E-state index contributed by atoms with van der Waals surface area (Å²) in [6, 6.07) is 16.5. The number of nitrogens with zero attached hydrogens (tertiary/aromatic N) is 1. The predicted molar refractivity (Wildman–Crippen MR) is 116 cm³/mol. The normalized spacial score (nSPS) is 11.9. The number of aromatic nitrogens is 1. The maximum absolute atomic E-state index is 13.3. The fourth-order valence-corrected chi connectivity index (χ4v) is 4.29. The van der Waals surface area contributed by atoms with Crippen molar-refractivity contribution < 1.29 is 23.1 Å². The number of benzene rings is 2. The van der Waals surface area contributed by atoms with E-state index in [-0.39, 0.29) is 11.6 Å². The number of halogens is 1. The van der Waals surface area contributed by atoms with E-state index in [1.165, 1.54) is 23.5 Å². The Morgan fingerprint density at radius 3 is 2.68 bits per heavy atom. The van der Waals surface area contributed by atoms with Crippen LogP contribution in [0.4, 0.5) is 4.39 Å². The first-order valence-corrected chi connectivity index (χ1v) is 11.2. The molecule has 0 radical (unpaired) electrons. The van der Waals surface area contributed by atoms with E-state index in [0.29, 0.717) is 16.3 Å². The number of hydrogen-bond acceptors (Lipinski definition) is 7. The molecule has 31 heavy (non-hydrogen) atoms. The van der Waals surface area contributed by atoms with Gasteiger partial charge in [0.25, 0.3) is 11.1 Å². The Morgan fingerprint density at radius 2 is 1.94 bits per heavy atom. The van der Waals surface area contributed by atoms with Gasteiger partial charge in [-0.05, 0) is 41.3 Å². The molecule has 0 aliphatic heterocycles. The van der Waals surface area contributed by atoms with Crippen molar-refractivity contribution in [1.29, 1.82) is 0 Å². The van der Waals surface area contributed by atoms with E-state index in [1.807, 2.05) is 35.7 Å². The van der Waals surface area contributed by atoms with Crippen LogP contribution in [0.2, 0.25) is 0 Å². The molecule has 1 N–H and O–H groups in total. The number of ether oxygens (including phenoxy) is 1. The van der Waals surface area contributed by atoms with Crippen molar-refractivity contribution >= 4 is 46.1 Å². The molecule has 1 atom stereocenters. The van der Waals surface area contributed by atoms with Crippen LogP contribution in [-0.4, -0.2) is 29.2 Å². The van der Waals surface area contributed by atoms with Crippen molar-refractivity contribution in [3.8, 4) is 0 Å². The van der Waals surface area contributed by atoms with E-state index in [4.69, 9.17) is 9.15 Å². The molecule has 1 unspecified atom stereocenters. The molecule has 0 saturated carbocycles. The zero-order chi connectivity index (χ0) is 21.6. The summed E-state index contributed by atoms with van der Waals surface area (Å²) in [6.45, 7) is -0.421. The topological polar surface area (TPSA) is 81.4 Å². The Bertz CT molecular complexity index is 1140. The molecule has 4 aromatic rings. The Hall–Kier alpha value is -3.17. The lowest BCUT2D eigenvalue weighted by Gasteiger charge is -2.18. The Kier molecular flexibility index (Phi) is 6.63. The molecule has 2 aromatic heterocycles. The largest absolute Gasteiger partial charge is 0.455 e. The average Bonchev–Trinajstić information content (AvgIpc) is 3.45. The van der Waals surface area contributed by atoms with Gasteiger partial charge in [0.05, 0.1) is 6.04 Å². The Balaban J connectivity index is 1.30. The SMILES string of the molecule is O=C(COC(=O)CSc1nc2ccccc2o1)NC(c1ccc(F)cc1)c1cccs1. The highest BCUT2D eigenvalue weighted by Gasteiger charge is 2.19. The summed E-state index contributed by atoms with van der Waals surface area (Å²) in [5.41, 5.74) is 2.08. The number of thiophene rings is 1. The minimum atomic E-state index is -0.558. The second-order valence-corrected chi connectivity index (χ2v) is 8.37. The molecule has 158 valence electrons. The van der Waals surface area contributed by atoms with Crippen LogP contribution in [0, 0.1) is 5.82 Å². The zero-order valence-electron chi connectivity index (χ0n) is 16.1. The van der Waals surface area contributed by atoms with Gasteiger partial charge in [-0.1, -0.05) is 42.1 Å². The average molecular weight is 457 g/mol. The van der Waals surface area contributed by atoms with Crippen molar-refractivity contribution in [1.82, 2.24) is 10.3 Å². The van der Waals surface area contributed by atoms with Gasteiger partial charge in [-0.3, -0.25) is 9.59 Å². The van der Waals surface area contributed by atoms with Gasteiger partial charge in [0, 0.05) is 4.88 Å². The molecular formula is C22H17FN2O4S2. The van der Waals surface area contributed by atoms with Crippen molar-refractivity contribution in [3.63, 3.8) is 0 Å². The molecule has 0 aliphatic rings. The smallest absolute Gasteiger partial charge is 0.316 e. The van der Waals surface area contributed by atoms with Crippen molar-refractivity contribution in [2.24, 2.45) is 0 Å². The van der Waals surface area contributed by atoms with Gasteiger partial charge in [-0.15, -0.1) is 11.3 Å². The van der Waals surface area contributed by atoms with Crippen LogP contribution in [0.15, 0.2) is 75.7 Å². The fourth-order valence-electron chi connectivity index (χ4n) is 2.85. The lowest BCUT2D eigenvalue weighted by Crippen LogP contribution is -2.33. The van der Waals surface area contributed by atoms with Gasteiger partial charge in [0.2, 0.25) is 0 Å². The fraction of sp³-hybridized carbons (Fsp3) is 0.136. The van der Waals surface area contributed by atoms with E-state index in [9.17, 15) is 14.0 Å². The highest BCUT2D eigenvalue weighted by Crippen LogP contribution is 2.26. The number of fused-ring (bicyclic) bond motifs is 1. The summed E-state index contributed by atoms with van der Waals surface area (Å²) >= 11 is 2.57. The second-order valence-electron chi connectivity index (χ2n) is 6.46. The quantitative estimate of drug-likeness (QED) is 0.309. The molecular weight excluding hydrogens is 439 g/mol. The van der Waals surface area contributed by atoms with Gasteiger partial charge in [0.1, 0.15) is 17.1 Å². The van der Waals surface area contributed by atoms with Crippen LogP contribution in [0.3, 0.4) is 0 Å². The predicted octanol–water partition coefficient (Wildman–Crippen LogP) is 4.57. The Morgan fingerprint density at radius 1 is 1.13 bits per heavy atom. The van der Waals surface area contributed by atoms with Crippen LogP contribution in [0.1, 0.15) is 16.5 Å². The van der Waals surface area contributed by atoms with Gasteiger partial charge in [-0.25, -0.2) is 9.37 Å². The van der Waals surface area contributed by atoms with Crippen LogP contribution in [0.25, 0.3) is 11.1 Å². The number of amides is 1. The summed E-state index contributed by atoms with van der Waals surface area (Å²) in [7, 11) is 0. The molecule has 0 fully saturated rings. The minimum absolute atomic E-state index is 0.0353. The maximum Gasteiger partial charge on any atom is 0.316 e. The molecule has 1 amide bonds. The molecule has 6 nitrogen and oxygen atoms in total. The summed E-state index contributed by atoms with van der Waals surface area (Å²) in [5, 5.41) is 5.08. The summed E-state index contributed by atoms with van der Waals surface area (Å²) in [4.78, 5) is 29.6. The van der Waals surface area contributed by atoms with E-state index in [0.717, 1.165) is 22.2 Å². The molecule has 2 aromatic carbocycles. The molecule has 0 spiro atoms. The number of carbonyl (C=O) groups is 2. The zero-order valence-corrected chi connectivity index (χ0v) is 17.8.